The molecule has 5 N–H and O–H groups in total. The third-order valence-electron chi connectivity index (χ3n) is 2.31. The van der Waals surface area contributed by atoms with Crippen LogP contribution >= 0.6 is 0 Å². The molecule has 1 atom stereocenters. The van der Waals surface area contributed by atoms with E-state index in [2.05, 4.69) is 5.32 Å². The largest absolute Gasteiger partial charge is 0.370 e. The molecule has 0 saturated heterocycles. The minimum Gasteiger partial charge on any atom is -0.370 e. The van der Waals surface area contributed by atoms with Crippen molar-refractivity contribution in [2.24, 2.45) is 11.5 Å². The second kappa shape index (κ2) is 6.65. The van der Waals surface area contributed by atoms with Gasteiger partial charge < -0.3 is 16.8 Å². The average molecular weight is 235 g/mol. The Bertz CT molecular complexity index is 379. The summed E-state index contributed by atoms with van der Waals surface area (Å²) < 4.78 is 0. The molecule has 0 heterocycles. The van der Waals surface area contributed by atoms with Crippen molar-refractivity contribution in [2.75, 3.05) is 6.54 Å². The van der Waals surface area contributed by atoms with Gasteiger partial charge in [-0.1, -0.05) is 30.3 Å². The molecule has 92 valence electrons. The van der Waals surface area contributed by atoms with E-state index in [0.717, 1.165) is 5.56 Å². The van der Waals surface area contributed by atoms with Gasteiger partial charge in [0.1, 0.15) is 0 Å². The van der Waals surface area contributed by atoms with Crippen molar-refractivity contribution < 1.29 is 9.59 Å². The van der Waals surface area contributed by atoms with Gasteiger partial charge in [0, 0.05) is 13.0 Å². The maximum atomic E-state index is 11.5. The van der Waals surface area contributed by atoms with Crippen LogP contribution in [0.1, 0.15) is 12.0 Å². The zero-order chi connectivity index (χ0) is 12.7. The Balaban J connectivity index is 2.34. The number of rotatable bonds is 6. The van der Waals surface area contributed by atoms with Crippen LogP contribution in [0.3, 0.4) is 0 Å². The Morgan fingerprint density at radius 2 is 1.88 bits per heavy atom. The Labute approximate surface area is 100 Å². The molecule has 17 heavy (non-hydrogen) atoms. The lowest BCUT2D eigenvalue weighted by atomic mass is 10.1. The Hall–Kier alpha value is -1.88. The molecule has 0 fully saturated rings. The van der Waals surface area contributed by atoms with Gasteiger partial charge in [0.05, 0.1) is 6.04 Å². The second-order valence-electron chi connectivity index (χ2n) is 3.80. The highest BCUT2D eigenvalue weighted by Gasteiger charge is 2.13. The molecule has 0 aliphatic carbocycles. The zero-order valence-corrected chi connectivity index (χ0v) is 9.56. The monoisotopic (exact) mass is 235 g/mol. The van der Waals surface area contributed by atoms with E-state index in [1.807, 2.05) is 30.3 Å². The fourth-order valence-corrected chi connectivity index (χ4v) is 1.40. The van der Waals surface area contributed by atoms with Gasteiger partial charge in [-0.15, -0.1) is 0 Å². The molecule has 1 aromatic carbocycles. The number of benzene rings is 1. The molecule has 0 radical (unpaired) electrons. The van der Waals surface area contributed by atoms with Gasteiger partial charge in [0.25, 0.3) is 0 Å². The summed E-state index contributed by atoms with van der Waals surface area (Å²) in [6.45, 7) is 0.233. The fraction of sp³-hybridized carbons (Fsp3) is 0.333. The van der Waals surface area contributed by atoms with Crippen molar-refractivity contribution in [1.82, 2.24) is 5.32 Å². The maximum Gasteiger partial charge on any atom is 0.237 e. The van der Waals surface area contributed by atoms with Crippen molar-refractivity contribution in [3.05, 3.63) is 35.9 Å². The number of carbonyl (C=O) groups excluding carboxylic acids is 2. The van der Waals surface area contributed by atoms with Crippen LogP contribution in [-0.4, -0.2) is 24.4 Å². The van der Waals surface area contributed by atoms with E-state index in [-0.39, 0.29) is 18.9 Å². The van der Waals surface area contributed by atoms with Crippen LogP contribution in [0.4, 0.5) is 0 Å². The van der Waals surface area contributed by atoms with E-state index in [0.29, 0.717) is 6.42 Å². The lowest BCUT2D eigenvalue weighted by Crippen LogP contribution is -2.42. The molecule has 2 amide bonds. The highest BCUT2D eigenvalue weighted by atomic mass is 16.2. The first-order valence-corrected chi connectivity index (χ1v) is 5.45. The third-order valence-corrected chi connectivity index (χ3v) is 2.31. The number of primary amides is 1. The van der Waals surface area contributed by atoms with Gasteiger partial charge in [-0.3, -0.25) is 9.59 Å². The molecule has 5 heteroatoms. The molecule has 0 saturated carbocycles. The highest BCUT2D eigenvalue weighted by molar-refractivity contribution is 5.82. The molecule has 1 rings (SSSR count). The summed E-state index contributed by atoms with van der Waals surface area (Å²) in [5, 5.41) is 2.57. The number of hydrogen-bond donors (Lipinski definition) is 3. The zero-order valence-electron chi connectivity index (χ0n) is 9.56. The summed E-state index contributed by atoms with van der Waals surface area (Å²) in [6.07, 6.45) is 0.604. The Morgan fingerprint density at radius 3 is 2.47 bits per heavy atom. The van der Waals surface area contributed by atoms with Crippen LogP contribution in [0.15, 0.2) is 30.3 Å². The van der Waals surface area contributed by atoms with Gasteiger partial charge in [-0.05, 0) is 12.0 Å². The Kier molecular flexibility index (Phi) is 5.16. The summed E-state index contributed by atoms with van der Waals surface area (Å²) in [5.41, 5.74) is 11.7. The van der Waals surface area contributed by atoms with Crippen molar-refractivity contribution in [3.8, 4) is 0 Å². The molecule has 0 unspecified atom stereocenters. The summed E-state index contributed by atoms with van der Waals surface area (Å²) >= 11 is 0. The quantitative estimate of drug-likeness (QED) is 0.622. The van der Waals surface area contributed by atoms with Crippen molar-refractivity contribution >= 4 is 11.8 Å². The topological polar surface area (TPSA) is 98.2 Å². The van der Waals surface area contributed by atoms with Gasteiger partial charge in [0.15, 0.2) is 0 Å². The van der Waals surface area contributed by atoms with Gasteiger partial charge in [-0.25, -0.2) is 0 Å². The molecule has 5 nitrogen and oxygen atoms in total. The smallest absolute Gasteiger partial charge is 0.237 e. The van der Waals surface area contributed by atoms with Crippen molar-refractivity contribution in [1.29, 1.82) is 0 Å². The van der Waals surface area contributed by atoms with E-state index in [1.165, 1.54) is 0 Å². The lowest BCUT2D eigenvalue weighted by Gasteiger charge is -2.11. The van der Waals surface area contributed by atoms with Gasteiger partial charge in [-0.2, -0.15) is 0 Å². The van der Waals surface area contributed by atoms with E-state index < -0.39 is 11.9 Å². The summed E-state index contributed by atoms with van der Waals surface area (Å²) in [7, 11) is 0. The Morgan fingerprint density at radius 1 is 1.24 bits per heavy atom. The second-order valence-corrected chi connectivity index (χ2v) is 3.80. The van der Waals surface area contributed by atoms with E-state index in [9.17, 15) is 9.59 Å². The van der Waals surface area contributed by atoms with E-state index in [4.69, 9.17) is 11.5 Å². The molecular weight excluding hydrogens is 218 g/mol. The predicted octanol–water partition coefficient (Wildman–Crippen LogP) is -0.452. The average Bonchev–Trinajstić information content (AvgIpc) is 2.29. The third kappa shape index (κ3) is 5.12. The van der Waals surface area contributed by atoms with Crippen molar-refractivity contribution in [2.45, 2.75) is 18.9 Å². The minimum atomic E-state index is -0.606. The van der Waals surface area contributed by atoms with Crippen LogP contribution in [-0.2, 0) is 16.0 Å². The first-order valence-electron chi connectivity index (χ1n) is 5.45. The van der Waals surface area contributed by atoms with Crippen LogP contribution in [0.2, 0.25) is 0 Å². The molecule has 0 aliphatic heterocycles. The molecule has 0 aliphatic rings. The standard InChI is InChI=1S/C12H17N3O2/c13-10(8-9-4-2-1-3-5-9)12(17)15-7-6-11(14)16/h1-5,10H,6-8,13H2,(H2,14,16)(H,15,17)/t10-/m1/s1. The number of amides is 2. The normalized spacial score (nSPS) is 11.8. The van der Waals surface area contributed by atoms with Gasteiger partial charge in [0.2, 0.25) is 11.8 Å². The number of hydrogen-bond acceptors (Lipinski definition) is 3. The molecule has 0 aromatic heterocycles. The fourth-order valence-electron chi connectivity index (χ4n) is 1.40. The number of nitrogens with two attached hydrogens (primary N) is 2. The molecular formula is C12H17N3O2. The number of nitrogens with one attached hydrogen (secondary N) is 1. The van der Waals surface area contributed by atoms with Crippen LogP contribution in [0.25, 0.3) is 0 Å². The molecule has 1 aromatic rings. The number of carbonyl (C=O) groups is 2. The summed E-state index contributed by atoms with van der Waals surface area (Å²) in [5.74, 6) is -0.711. The van der Waals surface area contributed by atoms with Crippen molar-refractivity contribution in [3.63, 3.8) is 0 Å². The predicted molar refractivity (Wildman–Crippen MR) is 64.9 cm³/mol. The minimum absolute atomic E-state index is 0.129. The first kappa shape index (κ1) is 13.2. The first-order chi connectivity index (χ1) is 8.09. The van der Waals surface area contributed by atoms with Gasteiger partial charge >= 0.3 is 0 Å². The highest BCUT2D eigenvalue weighted by Crippen LogP contribution is 2.01. The lowest BCUT2D eigenvalue weighted by molar-refractivity contribution is -0.122. The molecule has 0 spiro atoms. The van der Waals surface area contributed by atoms with Crippen LogP contribution < -0.4 is 16.8 Å². The maximum absolute atomic E-state index is 11.5. The van der Waals surface area contributed by atoms with Crippen LogP contribution in [0.5, 0.6) is 0 Å². The van der Waals surface area contributed by atoms with E-state index in [1.54, 1.807) is 0 Å². The summed E-state index contributed by atoms with van der Waals surface area (Å²) in [6, 6.07) is 8.92. The van der Waals surface area contributed by atoms with Crippen LogP contribution in [0, 0.1) is 0 Å². The van der Waals surface area contributed by atoms with E-state index >= 15 is 0 Å². The summed E-state index contributed by atoms with van der Waals surface area (Å²) in [4.78, 5) is 22.0. The SMILES string of the molecule is NC(=O)CCNC(=O)[C@H](N)Cc1ccccc1. The molecule has 0 bridgehead atoms.